The molecule has 20 heavy (non-hydrogen) atoms. The predicted molar refractivity (Wildman–Crippen MR) is 64.4 cm³/mol. The number of carbonyl (C=O) groups excluding carboxylic acids is 1. The van der Waals surface area contributed by atoms with Crippen LogP contribution in [0.5, 0.6) is 5.75 Å². The summed E-state index contributed by atoms with van der Waals surface area (Å²) in [6.07, 6.45) is -4.41. The van der Waals surface area contributed by atoms with Gasteiger partial charge in [0.1, 0.15) is 11.9 Å². The minimum Gasteiger partial charge on any atom is -0.406 e. The smallest absolute Gasteiger partial charge is 0.406 e. The van der Waals surface area contributed by atoms with E-state index >= 15 is 0 Å². The zero-order chi connectivity index (χ0) is 14.8. The second-order valence-electron chi connectivity index (χ2n) is 4.50. The van der Waals surface area contributed by atoms with Crippen LogP contribution in [0.3, 0.4) is 0 Å². The Bertz CT molecular complexity index is 490. The Kier molecular flexibility index (Phi) is 4.29. The van der Waals surface area contributed by atoms with Gasteiger partial charge < -0.3 is 15.2 Å². The zero-order valence-corrected chi connectivity index (χ0v) is 10.5. The molecule has 0 radical (unpaired) electrons. The Hall–Kier alpha value is -1.60. The average Bonchev–Trinajstić information content (AvgIpc) is 2.85. The molecular formula is C13H14F3NO3. The van der Waals surface area contributed by atoms with Gasteiger partial charge >= 0.3 is 6.36 Å². The van der Waals surface area contributed by atoms with Gasteiger partial charge in [-0.15, -0.1) is 13.2 Å². The molecule has 1 saturated heterocycles. The fourth-order valence-corrected chi connectivity index (χ4v) is 2.10. The Morgan fingerprint density at radius 1 is 1.40 bits per heavy atom. The van der Waals surface area contributed by atoms with Gasteiger partial charge in [-0.3, -0.25) is 4.79 Å². The van der Waals surface area contributed by atoms with Gasteiger partial charge in [0.05, 0.1) is 6.10 Å². The summed E-state index contributed by atoms with van der Waals surface area (Å²) in [6.45, 7) is 0.320. The first-order valence-corrected chi connectivity index (χ1v) is 6.14. The van der Waals surface area contributed by atoms with Crippen molar-refractivity contribution in [2.24, 2.45) is 5.73 Å². The van der Waals surface area contributed by atoms with Gasteiger partial charge in [0.15, 0.2) is 5.78 Å². The molecule has 0 aliphatic carbocycles. The van der Waals surface area contributed by atoms with Gasteiger partial charge in [0.2, 0.25) is 0 Å². The quantitative estimate of drug-likeness (QED) is 0.864. The molecule has 2 unspecified atom stereocenters. The molecule has 2 N–H and O–H groups in total. The summed E-state index contributed by atoms with van der Waals surface area (Å²) >= 11 is 0. The SMILES string of the molecule is NCC1CCC(C(=O)c2cccc(OC(F)(F)F)c2)O1. The van der Waals surface area contributed by atoms with Crippen molar-refractivity contribution in [1.29, 1.82) is 0 Å². The van der Waals surface area contributed by atoms with Crippen molar-refractivity contribution in [2.75, 3.05) is 6.54 Å². The number of nitrogens with two attached hydrogens (primary N) is 1. The van der Waals surface area contributed by atoms with E-state index in [4.69, 9.17) is 10.5 Å². The third-order valence-electron chi connectivity index (χ3n) is 3.02. The van der Waals surface area contributed by atoms with E-state index in [9.17, 15) is 18.0 Å². The van der Waals surface area contributed by atoms with Crippen LogP contribution < -0.4 is 10.5 Å². The summed E-state index contributed by atoms with van der Waals surface area (Å²) in [7, 11) is 0. The number of Topliss-reactive ketones (excluding diaryl/α,β-unsaturated/α-hetero) is 1. The standard InChI is InChI=1S/C13H14F3NO3/c14-13(15,16)20-9-3-1-2-8(6-9)12(18)11-5-4-10(7-17)19-11/h1-3,6,10-11H,4-5,7,17H2. The van der Waals surface area contributed by atoms with E-state index in [1.807, 2.05) is 0 Å². The first-order chi connectivity index (χ1) is 9.39. The van der Waals surface area contributed by atoms with Gasteiger partial charge in [0, 0.05) is 12.1 Å². The minimum atomic E-state index is -4.78. The summed E-state index contributed by atoms with van der Waals surface area (Å²) < 4.78 is 45.6. The topological polar surface area (TPSA) is 61.6 Å². The van der Waals surface area contributed by atoms with Crippen molar-refractivity contribution >= 4 is 5.78 Å². The van der Waals surface area contributed by atoms with E-state index < -0.39 is 18.2 Å². The third-order valence-corrected chi connectivity index (χ3v) is 3.02. The van der Waals surface area contributed by atoms with Crippen molar-refractivity contribution in [3.05, 3.63) is 29.8 Å². The van der Waals surface area contributed by atoms with Crippen LogP contribution in [-0.4, -0.2) is 30.9 Å². The molecule has 1 aromatic rings. The van der Waals surface area contributed by atoms with Gasteiger partial charge in [-0.1, -0.05) is 12.1 Å². The fraction of sp³-hybridized carbons (Fsp3) is 0.462. The summed E-state index contributed by atoms with van der Waals surface area (Å²) in [5.74, 6) is -0.773. The maximum atomic E-state index is 12.1. The number of ketones is 1. The van der Waals surface area contributed by atoms with Crippen LogP contribution in [0.25, 0.3) is 0 Å². The molecule has 1 aliphatic rings. The lowest BCUT2D eigenvalue weighted by molar-refractivity contribution is -0.274. The lowest BCUT2D eigenvalue weighted by Gasteiger charge is -2.13. The normalized spacial score (nSPS) is 22.8. The molecule has 0 amide bonds. The molecule has 0 aromatic heterocycles. The first-order valence-electron chi connectivity index (χ1n) is 6.14. The number of hydrogen-bond acceptors (Lipinski definition) is 4. The number of hydrogen-bond donors (Lipinski definition) is 1. The third kappa shape index (κ3) is 3.71. The predicted octanol–water partition coefficient (Wildman–Crippen LogP) is 2.27. The van der Waals surface area contributed by atoms with Gasteiger partial charge in [-0.05, 0) is 25.0 Å². The monoisotopic (exact) mass is 289 g/mol. The highest BCUT2D eigenvalue weighted by molar-refractivity contribution is 5.99. The Morgan fingerprint density at radius 3 is 2.75 bits per heavy atom. The summed E-state index contributed by atoms with van der Waals surface area (Å²) in [5, 5.41) is 0. The summed E-state index contributed by atoms with van der Waals surface area (Å²) in [5.41, 5.74) is 5.58. The first kappa shape index (κ1) is 14.8. The van der Waals surface area contributed by atoms with E-state index in [1.54, 1.807) is 0 Å². The van der Waals surface area contributed by atoms with Crippen molar-refractivity contribution in [1.82, 2.24) is 0 Å². The molecule has 1 heterocycles. The molecule has 0 bridgehead atoms. The molecule has 2 rings (SSSR count). The van der Waals surface area contributed by atoms with Crippen LogP contribution in [0, 0.1) is 0 Å². The fourth-order valence-electron chi connectivity index (χ4n) is 2.10. The highest BCUT2D eigenvalue weighted by atomic mass is 19.4. The number of alkyl halides is 3. The Morgan fingerprint density at radius 2 is 2.15 bits per heavy atom. The molecule has 110 valence electrons. The molecule has 4 nitrogen and oxygen atoms in total. The zero-order valence-electron chi connectivity index (χ0n) is 10.5. The van der Waals surface area contributed by atoms with Crippen LogP contribution in [0.15, 0.2) is 24.3 Å². The van der Waals surface area contributed by atoms with Gasteiger partial charge in [0.25, 0.3) is 0 Å². The number of carbonyl (C=O) groups is 1. The number of benzene rings is 1. The number of halogens is 3. The van der Waals surface area contributed by atoms with Crippen LogP contribution in [-0.2, 0) is 4.74 Å². The maximum Gasteiger partial charge on any atom is 0.573 e. The van der Waals surface area contributed by atoms with Gasteiger partial charge in [-0.25, -0.2) is 0 Å². The number of rotatable bonds is 4. The van der Waals surface area contributed by atoms with E-state index in [1.165, 1.54) is 12.1 Å². The summed E-state index contributed by atoms with van der Waals surface area (Å²) in [6, 6.07) is 4.98. The Labute approximate surface area is 113 Å². The molecule has 1 aliphatic heterocycles. The molecule has 1 fully saturated rings. The highest BCUT2D eigenvalue weighted by Gasteiger charge is 2.33. The summed E-state index contributed by atoms with van der Waals surface area (Å²) in [4.78, 5) is 12.1. The van der Waals surface area contributed by atoms with Crippen LogP contribution >= 0.6 is 0 Å². The minimum absolute atomic E-state index is 0.134. The largest absolute Gasteiger partial charge is 0.573 e. The molecule has 2 atom stereocenters. The van der Waals surface area contributed by atoms with Gasteiger partial charge in [-0.2, -0.15) is 0 Å². The molecule has 7 heteroatoms. The second-order valence-corrected chi connectivity index (χ2v) is 4.50. The molecule has 0 spiro atoms. The van der Waals surface area contributed by atoms with Crippen molar-refractivity contribution in [2.45, 2.75) is 31.4 Å². The van der Waals surface area contributed by atoms with Crippen molar-refractivity contribution in [3.8, 4) is 5.75 Å². The molecule has 0 saturated carbocycles. The lowest BCUT2D eigenvalue weighted by Crippen LogP contribution is -2.25. The van der Waals surface area contributed by atoms with Crippen LogP contribution in [0.4, 0.5) is 13.2 Å². The lowest BCUT2D eigenvalue weighted by atomic mass is 10.0. The maximum absolute atomic E-state index is 12.1. The Balaban J connectivity index is 2.09. The van der Waals surface area contributed by atoms with Crippen LogP contribution in [0.1, 0.15) is 23.2 Å². The van der Waals surface area contributed by atoms with E-state index in [2.05, 4.69) is 4.74 Å². The highest BCUT2D eigenvalue weighted by Crippen LogP contribution is 2.26. The van der Waals surface area contributed by atoms with Crippen LogP contribution in [0.2, 0.25) is 0 Å². The second kappa shape index (κ2) is 5.80. The average molecular weight is 289 g/mol. The van der Waals surface area contributed by atoms with E-state index in [0.29, 0.717) is 19.4 Å². The van der Waals surface area contributed by atoms with Crippen molar-refractivity contribution < 1.29 is 27.4 Å². The molecule has 1 aromatic carbocycles. The number of ether oxygens (including phenoxy) is 2. The van der Waals surface area contributed by atoms with E-state index in [-0.39, 0.29) is 17.5 Å². The molecular weight excluding hydrogens is 275 g/mol. The van der Waals surface area contributed by atoms with E-state index in [0.717, 1.165) is 12.1 Å². The van der Waals surface area contributed by atoms with Crippen molar-refractivity contribution in [3.63, 3.8) is 0 Å².